The quantitative estimate of drug-likeness (QED) is 0.501. The van der Waals surface area contributed by atoms with Crippen molar-refractivity contribution in [2.24, 2.45) is 0 Å². The Morgan fingerprint density at radius 3 is 2.41 bits per heavy atom. The van der Waals surface area contributed by atoms with E-state index >= 15 is 0 Å². The monoisotopic (exact) mass is 372 g/mol. The number of nitrogens with zero attached hydrogens (tertiary/aromatic N) is 4. The highest BCUT2D eigenvalue weighted by atomic mass is 32.1. The second-order valence-corrected chi connectivity index (χ2v) is 7.79. The second-order valence-electron chi connectivity index (χ2n) is 6.81. The van der Waals surface area contributed by atoms with E-state index in [1.807, 2.05) is 11.3 Å². The van der Waals surface area contributed by atoms with Crippen LogP contribution in [0.3, 0.4) is 0 Å². The molecule has 0 spiro atoms. The van der Waals surface area contributed by atoms with Crippen molar-refractivity contribution in [3.8, 4) is 0 Å². The summed E-state index contributed by atoms with van der Waals surface area (Å²) in [6, 6.07) is 26.1. The maximum atomic E-state index is 4.65. The number of thiophene rings is 1. The van der Waals surface area contributed by atoms with E-state index in [-0.39, 0.29) is 12.1 Å². The van der Waals surface area contributed by atoms with Gasteiger partial charge in [-0.05, 0) is 29.0 Å². The summed E-state index contributed by atoms with van der Waals surface area (Å²) in [7, 11) is 0. The van der Waals surface area contributed by atoms with Crippen molar-refractivity contribution >= 4 is 17.3 Å². The molecular formula is C22H20N4S. The minimum Gasteiger partial charge on any atom is -0.329 e. The molecule has 0 unspecified atom stereocenters. The summed E-state index contributed by atoms with van der Waals surface area (Å²) < 4.78 is 2.09. The van der Waals surface area contributed by atoms with E-state index in [2.05, 4.69) is 97.8 Å². The van der Waals surface area contributed by atoms with Crippen molar-refractivity contribution in [1.29, 1.82) is 0 Å². The van der Waals surface area contributed by atoms with Crippen LogP contribution in [0.4, 0.5) is 5.95 Å². The largest absolute Gasteiger partial charge is 0.329 e. The minimum atomic E-state index is 0.197. The Balaban J connectivity index is 1.59. The van der Waals surface area contributed by atoms with Crippen molar-refractivity contribution < 1.29 is 0 Å². The van der Waals surface area contributed by atoms with Crippen LogP contribution in [-0.4, -0.2) is 14.8 Å². The third-order valence-corrected chi connectivity index (χ3v) is 6.15. The van der Waals surface area contributed by atoms with Crippen LogP contribution in [0.2, 0.25) is 0 Å². The predicted octanol–water partition coefficient (Wildman–Crippen LogP) is 5.08. The Hall–Kier alpha value is -2.92. The zero-order valence-electron chi connectivity index (χ0n) is 14.8. The van der Waals surface area contributed by atoms with Gasteiger partial charge in [0, 0.05) is 11.4 Å². The van der Waals surface area contributed by atoms with Crippen molar-refractivity contribution in [3.63, 3.8) is 0 Å². The summed E-state index contributed by atoms with van der Waals surface area (Å²) in [5.41, 5.74) is 2.57. The summed E-state index contributed by atoms with van der Waals surface area (Å²) in [5, 5.41) is 6.75. The van der Waals surface area contributed by atoms with Crippen molar-refractivity contribution in [2.45, 2.75) is 25.0 Å². The van der Waals surface area contributed by atoms with E-state index in [9.17, 15) is 0 Å². The van der Waals surface area contributed by atoms with Crippen molar-refractivity contribution in [2.75, 3.05) is 4.90 Å². The molecule has 1 aliphatic rings. The van der Waals surface area contributed by atoms with Gasteiger partial charge in [-0.15, -0.1) is 11.3 Å². The van der Waals surface area contributed by atoms with Gasteiger partial charge in [0.25, 0.3) is 0 Å². The Morgan fingerprint density at radius 1 is 0.889 bits per heavy atom. The third kappa shape index (κ3) is 3.04. The molecule has 27 heavy (non-hydrogen) atoms. The van der Waals surface area contributed by atoms with Crippen LogP contribution in [0, 0.1) is 0 Å². The fourth-order valence-corrected chi connectivity index (χ4v) is 4.76. The summed E-state index contributed by atoms with van der Waals surface area (Å²) in [5.74, 6) is 0.942. The molecule has 1 aliphatic heterocycles. The van der Waals surface area contributed by atoms with Gasteiger partial charge in [0.2, 0.25) is 5.95 Å². The van der Waals surface area contributed by atoms with Gasteiger partial charge in [0.15, 0.2) is 0 Å². The number of fused-ring (bicyclic) bond motifs is 1. The smallest absolute Gasteiger partial charge is 0.225 e. The summed E-state index contributed by atoms with van der Waals surface area (Å²) in [6.07, 6.45) is 2.66. The lowest BCUT2D eigenvalue weighted by molar-refractivity contribution is 0.383. The van der Waals surface area contributed by atoms with Gasteiger partial charge in [-0.25, -0.2) is 4.68 Å². The topological polar surface area (TPSA) is 34.0 Å². The Bertz CT molecular complexity index is 995. The highest BCUT2D eigenvalue weighted by Crippen LogP contribution is 2.43. The number of hydrogen-bond donors (Lipinski definition) is 0. The van der Waals surface area contributed by atoms with Gasteiger partial charge >= 0.3 is 0 Å². The molecule has 3 heterocycles. The number of anilines is 1. The lowest BCUT2D eigenvalue weighted by atomic mass is 9.95. The second kappa shape index (κ2) is 7.00. The predicted molar refractivity (Wildman–Crippen MR) is 109 cm³/mol. The molecule has 0 saturated heterocycles. The van der Waals surface area contributed by atoms with Crippen LogP contribution >= 0.6 is 11.3 Å². The van der Waals surface area contributed by atoms with E-state index in [1.54, 1.807) is 6.33 Å². The highest BCUT2D eigenvalue weighted by molar-refractivity contribution is 7.10. The van der Waals surface area contributed by atoms with Crippen LogP contribution in [0.1, 0.15) is 34.5 Å². The molecule has 5 heteroatoms. The molecule has 134 valence electrons. The Morgan fingerprint density at radius 2 is 1.67 bits per heavy atom. The average molecular weight is 372 g/mol. The maximum Gasteiger partial charge on any atom is 0.225 e. The summed E-state index contributed by atoms with van der Waals surface area (Å²) in [4.78, 5) is 8.43. The van der Waals surface area contributed by atoms with Crippen LogP contribution < -0.4 is 4.90 Å². The minimum absolute atomic E-state index is 0.197. The average Bonchev–Trinajstić information content (AvgIpc) is 3.42. The molecule has 2 atom stereocenters. The molecule has 0 N–H and O–H groups in total. The van der Waals surface area contributed by atoms with Crippen LogP contribution in [0.5, 0.6) is 0 Å². The fraction of sp³-hybridized carbons (Fsp3) is 0.182. The molecule has 4 nitrogen and oxygen atoms in total. The fourth-order valence-electron chi connectivity index (χ4n) is 3.91. The van der Waals surface area contributed by atoms with Crippen molar-refractivity contribution in [1.82, 2.24) is 14.8 Å². The van der Waals surface area contributed by atoms with Gasteiger partial charge in [0.1, 0.15) is 6.33 Å². The number of benzene rings is 2. The molecule has 2 aromatic heterocycles. The zero-order chi connectivity index (χ0) is 18.1. The van der Waals surface area contributed by atoms with E-state index in [4.69, 9.17) is 0 Å². The molecule has 4 aromatic rings. The number of aromatic nitrogens is 3. The number of rotatable bonds is 4. The zero-order valence-corrected chi connectivity index (χ0v) is 15.7. The van der Waals surface area contributed by atoms with E-state index in [0.29, 0.717) is 0 Å². The third-order valence-electron chi connectivity index (χ3n) is 5.18. The van der Waals surface area contributed by atoms with Gasteiger partial charge in [0.05, 0.1) is 12.1 Å². The van der Waals surface area contributed by atoms with Gasteiger partial charge in [-0.2, -0.15) is 10.1 Å². The maximum absolute atomic E-state index is 4.65. The Labute approximate surface area is 162 Å². The molecule has 0 aliphatic carbocycles. The summed E-state index contributed by atoms with van der Waals surface area (Å²) in [6.45, 7) is 0.823. The van der Waals surface area contributed by atoms with Gasteiger partial charge in [-0.1, -0.05) is 66.7 Å². The van der Waals surface area contributed by atoms with Crippen molar-refractivity contribution in [3.05, 3.63) is 101 Å². The normalized spacial score (nSPS) is 19.0. The highest BCUT2D eigenvalue weighted by Gasteiger charge is 2.36. The molecule has 0 saturated carbocycles. The van der Waals surface area contributed by atoms with Crippen LogP contribution in [0.25, 0.3) is 0 Å². The van der Waals surface area contributed by atoms with Crippen LogP contribution in [-0.2, 0) is 6.54 Å². The number of hydrogen-bond acceptors (Lipinski definition) is 4. The first-order chi connectivity index (χ1) is 13.4. The van der Waals surface area contributed by atoms with E-state index in [0.717, 1.165) is 18.9 Å². The molecule has 0 radical (unpaired) electrons. The molecule has 5 rings (SSSR count). The lowest BCUT2D eigenvalue weighted by Crippen LogP contribution is -2.38. The standard InChI is InChI=1S/C22H20N4S/c1-3-8-17(9-4-1)15-25-20(21-12-7-13-27-21)14-19(18-10-5-2-6-11-18)26-22(25)23-16-24-26/h1-13,16,19-20H,14-15H2/t19-,20+/m0/s1. The van der Waals surface area contributed by atoms with Gasteiger partial charge < -0.3 is 4.90 Å². The van der Waals surface area contributed by atoms with Gasteiger partial charge in [-0.3, -0.25) is 0 Å². The molecule has 0 bridgehead atoms. The molecule has 2 aromatic carbocycles. The molecule has 0 amide bonds. The van der Waals surface area contributed by atoms with E-state index in [1.165, 1.54) is 16.0 Å². The van der Waals surface area contributed by atoms with Crippen LogP contribution in [0.15, 0.2) is 84.5 Å². The first-order valence-electron chi connectivity index (χ1n) is 9.18. The van der Waals surface area contributed by atoms with E-state index < -0.39 is 0 Å². The SMILES string of the molecule is c1ccc(CN2c3ncnn3[C@H](c3ccccc3)C[C@@H]2c2cccs2)cc1. The first-order valence-corrected chi connectivity index (χ1v) is 10.1. The summed E-state index contributed by atoms with van der Waals surface area (Å²) >= 11 is 1.82. The Kier molecular flexibility index (Phi) is 4.22. The first kappa shape index (κ1) is 16.3. The lowest BCUT2D eigenvalue weighted by Gasteiger charge is -2.40. The molecule has 0 fully saturated rings. The molecular weight excluding hydrogens is 352 g/mol.